The van der Waals surface area contributed by atoms with Gasteiger partial charge in [0.2, 0.25) is 0 Å². The van der Waals surface area contributed by atoms with E-state index in [1.807, 2.05) is 28.8 Å². The molecule has 0 amide bonds. The lowest BCUT2D eigenvalue weighted by atomic mass is 9.99. The van der Waals surface area contributed by atoms with Gasteiger partial charge in [0.25, 0.3) is 5.56 Å². The average Bonchev–Trinajstić information content (AvgIpc) is 3.23. The number of halogens is 2. The Kier molecular flexibility index (Phi) is 4.54. The molecule has 5 aromatic rings. The summed E-state index contributed by atoms with van der Waals surface area (Å²) in [4.78, 5) is 26.6. The van der Waals surface area contributed by atoms with Crippen molar-refractivity contribution in [3.05, 3.63) is 117 Å². The predicted octanol–water partition coefficient (Wildman–Crippen LogP) is 4.49. The monoisotopic (exact) mass is 470 g/mol. The fourth-order valence-electron chi connectivity index (χ4n) is 5.03. The number of para-hydroxylation sites is 2. The van der Waals surface area contributed by atoms with E-state index in [0.717, 1.165) is 15.8 Å². The molecule has 0 spiro atoms. The maximum atomic E-state index is 15.3. The molecule has 174 valence electrons. The summed E-state index contributed by atoms with van der Waals surface area (Å²) in [6, 6.07) is 19.3. The third kappa shape index (κ3) is 2.92. The lowest BCUT2D eigenvalue weighted by molar-refractivity contribution is 0.626. The first-order chi connectivity index (χ1) is 16.9. The highest BCUT2D eigenvalue weighted by Gasteiger charge is 2.35. The maximum absolute atomic E-state index is 15.3. The van der Waals surface area contributed by atoms with Gasteiger partial charge < -0.3 is 9.88 Å². The largest absolute Gasteiger partial charge is 0.371 e. The standard InChI is InChI=1S/C27H20F2N4O2/c1-31-24-21(26(34)32(2)27(31)35)23(17-7-3-4-8-18(17)29)33-20-10-6-5-9-19(20)30-22(25(24)33)15-11-13-16(28)14-12-15/h3-14,22,30H,1-2H3/t22-/m1/s1. The first-order valence-electron chi connectivity index (χ1n) is 11.1. The van der Waals surface area contributed by atoms with Crippen molar-refractivity contribution in [1.29, 1.82) is 0 Å². The van der Waals surface area contributed by atoms with Crippen LogP contribution in [-0.2, 0) is 14.1 Å². The number of benzene rings is 3. The van der Waals surface area contributed by atoms with Gasteiger partial charge in [-0.05, 0) is 42.0 Å². The highest BCUT2D eigenvalue weighted by Crippen LogP contribution is 2.45. The van der Waals surface area contributed by atoms with Crippen molar-refractivity contribution in [2.45, 2.75) is 6.04 Å². The number of aromatic nitrogens is 3. The molecule has 35 heavy (non-hydrogen) atoms. The Labute approximate surface area is 198 Å². The van der Waals surface area contributed by atoms with Crippen LogP contribution in [0.2, 0.25) is 0 Å². The molecule has 0 unspecified atom stereocenters. The normalized spacial score (nSPS) is 14.5. The van der Waals surface area contributed by atoms with E-state index in [1.165, 1.54) is 29.8 Å². The first kappa shape index (κ1) is 21.1. The number of nitrogens with one attached hydrogen (secondary N) is 1. The lowest BCUT2D eigenvalue weighted by Crippen LogP contribution is -2.37. The molecule has 0 aliphatic carbocycles. The molecule has 6 rings (SSSR count). The van der Waals surface area contributed by atoms with Gasteiger partial charge in [-0.15, -0.1) is 0 Å². The SMILES string of the molecule is Cn1c(=O)c2c(-c3ccccc3F)n3c(c2n(C)c1=O)[C@@H](c1ccc(F)cc1)Nc1ccccc1-3. The minimum absolute atomic E-state index is 0.236. The molecule has 3 aromatic carbocycles. The summed E-state index contributed by atoms with van der Waals surface area (Å²) in [6.07, 6.45) is 0. The first-order valence-corrected chi connectivity index (χ1v) is 11.1. The minimum atomic E-state index is -0.536. The molecule has 0 saturated heterocycles. The summed E-state index contributed by atoms with van der Waals surface area (Å²) in [5.74, 6) is -0.863. The van der Waals surface area contributed by atoms with Gasteiger partial charge in [0, 0.05) is 19.7 Å². The molecule has 6 nitrogen and oxygen atoms in total. The average molecular weight is 470 g/mol. The van der Waals surface area contributed by atoms with E-state index in [4.69, 9.17) is 0 Å². The second-order valence-electron chi connectivity index (χ2n) is 8.62. The van der Waals surface area contributed by atoms with Gasteiger partial charge in [-0.2, -0.15) is 0 Å². The van der Waals surface area contributed by atoms with E-state index in [2.05, 4.69) is 5.32 Å². The third-order valence-electron chi connectivity index (χ3n) is 6.66. The van der Waals surface area contributed by atoms with Gasteiger partial charge in [0.1, 0.15) is 11.6 Å². The van der Waals surface area contributed by atoms with Gasteiger partial charge in [0.05, 0.1) is 39.7 Å². The molecule has 1 atom stereocenters. The third-order valence-corrected chi connectivity index (χ3v) is 6.66. The second kappa shape index (κ2) is 7.53. The van der Waals surface area contributed by atoms with E-state index < -0.39 is 23.1 Å². The second-order valence-corrected chi connectivity index (χ2v) is 8.62. The quantitative estimate of drug-likeness (QED) is 0.414. The predicted molar refractivity (Wildman–Crippen MR) is 131 cm³/mol. The number of anilines is 1. The van der Waals surface area contributed by atoms with Crippen molar-refractivity contribution in [1.82, 2.24) is 13.7 Å². The van der Waals surface area contributed by atoms with Crippen LogP contribution in [0, 0.1) is 11.6 Å². The van der Waals surface area contributed by atoms with Crippen LogP contribution in [0.15, 0.2) is 82.4 Å². The summed E-state index contributed by atoms with van der Waals surface area (Å²) in [5, 5.41) is 3.72. The molecular formula is C27H20F2N4O2. The summed E-state index contributed by atoms with van der Waals surface area (Å²) in [7, 11) is 3.01. The summed E-state index contributed by atoms with van der Waals surface area (Å²) in [6.45, 7) is 0. The highest BCUT2D eigenvalue weighted by molar-refractivity contribution is 5.99. The zero-order chi connectivity index (χ0) is 24.4. The Bertz CT molecular complexity index is 1760. The Morgan fingerprint density at radius 3 is 2.26 bits per heavy atom. The number of hydrogen-bond donors (Lipinski definition) is 1. The molecule has 1 aliphatic heterocycles. The van der Waals surface area contributed by atoms with E-state index in [0.29, 0.717) is 22.6 Å². The fraction of sp³-hybridized carbons (Fsp3) is 0.111. The van der Waals surface area contributed by atoms with Crippen molar-refractivity contribution in [3.63, 3.8) is 0 Å². The van der Waals surface area contributed by atoms with Crippen LogP contribution in [0.5, 0.6) is 0 Å². The van der Waals surface area contributed by atoms with Crippen LogP contribution in [0.4, 0.5) is 14.5 Å². The van der Waals surface area contributed by atoms with Gasteiger partial charge in [-0.1, -0.05) is 36.4 Å². The van der Waals surface area contributed by atoms with E-state index in [1.54, 1.807) is 37.4 Å². The van der Waals surface area contributed by atoms with Crippen molar-refractivity contribution in [2.24, 2.45) is 14.1 Å². The van der Waals surface area contributed by atoms with Gasteiger partial charge in [-0.25, -0.2) is 13.6 Å². The molecule has 2 aromatic heterocycles. The summed E-state index contributed by atoms with van der Waals surface area (Å²) < 4.78 is 33.3. The smallest absolute Gasteiger partial charge is 0.331 e. The molecule has 0 fully saturated rings. The van der Waals surface area contributed by atoms with Crippen LogP contribution >= 0.6 is 0 Å². The number of nitrogens with zero attached hydrogens (tertiary/aromatic N) is 3. The highest BCUT2D eigenvalue weighted by atomic mass is 19.1. The Morgan fingerprint density at radius 2 is 1.51 bits per heavy atom. The topological polar surface area (TPSA) is 61.0 Å². The van der Waals surface area contributed by atoms with Crippen LogP contribution in [0.1, 0.15) is 17.3 Å². The Balaban J connectivity index is 1.88. The number of rotatable bonds is 2. The van der Waals surface area contributed by atoms with Crippen molar-refractivity contribution < 1.29 is 8.78 Å². The van der Waals surface area contributed by atoms with Crippen LogP contribution < -0.4 is 16.6 Å². The number of aryl methyl sites for hydroxylation is 1. The Hall–Kier alpha value is -4.46. The molecular weight excluding hydrogens is 450 g/mol. The maximum Gasteiger partial charge on any atom is 0.331 e. The van der Waals surface area contributed by atoms with E-state index in [9.17, 15) is 14.0 Å². The van der Waals surface area contributed by atoms with Crippen molar-refractivity contribution >= 4 is 16.6 Å². The molecule has 0 bridgehead atoms. The van der Waals surface area contributed by atoms with Crippen LogP contribution in [0.3, 0.4) is 0 Å². The number of hydrogen-bond acceptors (Lipinski definition) is 3. The lowest BCUT2D eigenvalue weighted by Gasteiger charge is -2.31. The fourth-order valence-corrected chi connectivity index (χ4v) is 5.03. The summed E-state index contributed by atoms with van der Waals surface area (Å²) in [5.41, 5.74) is 2.80. The molecule has 0 saturated carbocycles. The molecule has 8 heteroatoms. The molecule has 1 aliphatic rings. The zero-order valence-electron chi connectivity index (χ0n) is 18.9. The van der Waals surface area contributed by atoms with Crippen LogP contribution in [-0.4, -0.2) is 13.7 Å². The van der Waals surface area contributed by atoms with Gasteiger partial charge in [0.15, 0.2) is 0 Å². The van der Waals surface area contributed by atoms with E-state index in [-0.39, 0.29) is 16.8 Å². The molecule has 0 radical (unpaired) electrons. The van der Waals surface area contributed by atoms with E-state index >= 15 is 4.39 Å². The van der Waals surface area contributed by atoms with Crippen LogP contribution in [0.25, 0.3) is 27.8 Å². The number of fused-ring (bicyclic) bond motifs is 5. The molecule has 1 N–H and O–H groups in total. The minimum Gasteiger partial charge on any atom is -0.371 e. The zero-order valence-corrected chi connectivity index (χ0v) is 18.9. The Morgan fingerprint density at radius 1 is 0.829 bits per heavy atom. The summed E-state index contributed by atoms with van der Waals surface area (Å²) >= 11 is 0. The van der Waals surface area contributed by atoms with Gasteiger partial charge >= 0.3 is 5.69 Å². The van der Waals surface area contributed by atoms with Crippen molar-refractivity contribution in [2.75, 3.05) is 5.32 Å². The van der Waals surface area contributed by atoms with Crippen molar-refractivity contribution in [3.8, 4) is 16.9 Å². The molecule has 3 heterocycles. The van der Waals surface area contributed by atoms with Gasteiger partial charge in [-0.3, -0.25) is 13.9 Å².